The second-order valence-electron chi connectivity index (χ2n) is 5.68. The van der Waals surface area contributed by atoms with Gasteiger partial charge in [0.15, 0.2) is 0 Å². The summed E-state index contributed by atoms with van der Waals surface area (Å²) in [6.07, 6.45) is 1.23. The van der Waals surface area contributed by atoms with Gasteiger partial charge in [-0.15, -0.1) is 0 Å². The monoisotopic (exact) mass is 296 g/mol. The number of nitrogens with zero attached hydrogens (tertiary/aromatic N) is 1. The van der Waals surface area contributed by atoms with Gasteiger partial charge in [0.2, 0.25) is 0 Å². The Hall–Kier alpha value is -0.970. The van der Waals surface area contributed by atoms with E-state index in [0.717, 1.165) is 38.2 Å². The van der Waals surface area contributed by atoms with Crippen molar-refractivity contribution in [3.05, 3.63) is 35.6 Å². The van der Waals surface area contributed by atoms with Gasteiger partial charge < -0.3 is 15.0 Å². The smallest absolute Gasteiger partial charge is 0.123 e. The van der Waals surface area contributed by atoms with Crippen molar-refractivity contribution < 1.29 is 9.13 Å². The number of nitrogens with one attached hydrogen (secondary N) is 1. The van der Waals surface area contributed by atoms with Gasteiger partial charge in [0.1, 0.15) is 5.82 Å². The van der Waals surface area contributed by atoms with E-state index in [1.54, 1.807) is 12.1 Å². The molecular weight excluding hydrogens is 267 g/mol. The maximum Gasteiger partial charge on any atom is 0.123 e. The van der Waals surface area contributed by atoms with E-state index in [4.69, 9.17) is 4.74 Å². The second kappa shape index (κ2) is 9.87. The fourth-order valence-corrected chi connectivity index (χ4v) is 2.26. The van der Waals surface area contributed by atoms with Crippen LogP contribution in [0.3, 0.4) is 0 Å². The molecule has 1 aromatic carbocycles. The summed E-state index contributed by atoms with van der Waals surface area (Å²) in [5.74, 6) is -0.172. The minimum Gasteiger partial charge on any atom is -0.377 e. The van der Waals surface area contributed by atoms with Crippen molar-refractivity contribution in [3.8, 4) is 0 Å². The zero-order valence-electron chi connectivity index (χ0n) is 13.7. The van der Waals surface area contributed by atoms with Gasteiger partial charge in [-0.2, -0.15) is 0 Å². The van der Waals surface area contributed by atoms with Gasteiger partial charge in [-0.25, -0.2) is 4.39 Å². The van der Waals surface area contributed by atoms with Crippen molar-refractivity contribution in [2.45, 2.75) is 39.3 Å². The van der Waals surface area contributed by atoms with Crippen molar-refractivity contribution in [3.63, 3.8) is 0 Å². The van der Waals surface area contributed by atoms with Gasteiger partial charge in [0, 0.05) is 12.6 Å². The highest BCUT2D eigenvalue weighted by Gasteiger charge is 2.12. The molecule has 0 spiro atoms. The number of likely N-dealkylation sites (N-methyl/N-ethyl adjacent to an activating group) is 1. The lowest BCUT2D eigenvalue weighted by molar-refractivity contribution is 0.0632. The Bertz CT molecular complexity index is 398. The van der Waals surface area contributed by atoms with Crippen LogP contribution in [0.4, 0.5) is 4.39 Å². The molecular formula is C17H29FN2O. The van der Waals surface area contributed by atoms with Crippen LogP contribution in [0.5, 0.6) is 0 Å². The standard InChI is InChI=1S/C17H29FN2O/c1-5-19-17(15-7-6-8-16(18)13-15)9-10-20(4)11-12-21-14(2)3/h6-8,13-14,17,19H,5,9-12H2,1-4H3. The summed E-state index contributed by atoms with van der Waals surface area (Å²) in [5.41, 5.74) is 1.02. The first-order chi connectivity index (χ1) is 10.0. The van der Waals surface area contributed by atoms with E-state index < -0.39 is 0 Å². The van der Waals surface area contributed by atoms with E-state index in [2.05, 4.69) is 24.2 Å². The average molecular weight is 296 g/mol. The van der Waals surface area contributed by atoms with Crippen LogP contribution in [0.2, 0.25) is 0 Å². The lowest BCUT2D eigenvalue weighted by atomic mass is 10.0. The number of rotatable bonds is 10. The molecule has 0 radical (unpaired) electrons. The highest BCUT2D eigenvalue weighted by atomic mass is 19.1. The number of halogens is 1. The SMILES string of the molecule is CCNC(CCN(C)CCOC(C)C)c1cccc(F)c1. The van der Waals surface area contributed by atoms with E-state index in [-0.39, 0.29) is 18.0 Å². The van der Waals surface area contributed by atoms with Gasteiger partial charge >= 0.3 is 0 Å². The molecule has 0 aliphatic heterocycles. The Kier molecular flexibility index (Phi) is 8.50. The molecule has 1 atom stereocenters. The molecule has 1 N–H and O–H groups in total. The minimum absolute atomic E-state index is 0.172. The van der Waals surface area contributed by atoms with Gasteiger partial charge in [0.05, 0.1) is 12.7 Å². The molecule has 1 aromatic rings. The predicted octanol–water partition coefficient (Wildman–Crippen LogP) is 3.22. The molecule has 4 heteroatoms. The van der Waals surface area contributed by atoms with Crippen LogP contribution in [-0.4, -0.2) is 44.3 Å². The van der Waals surface area contributed by atoms with E-state index in [1.165, 1.54) is 6.07 Å². The Labute approximate surface area is 128 Å². The average Bonchev–Trinajstić information content (AvgIpc) is 2.43. The van der Waals surface area contributed by atoms with E-state index in [9.17, 15) is 4.39 Å². The molecule has 0 aromatic heterocycles. The van der Waals surface area contributed by atoms with Gasteiger partial charge in [-0.3, -0.25) is 0 Å². The summed E-state index contributed by atoms with van der Waals surface area (Å²) in [5, 5.41) is 3.43. The highest BCUT2D eigenvalue weighted by Crippen LogP contribution is 2.18. The van der Waals surface area contributed by atoms with Crippen molar-refractivity contribution >= 4 is 0 Å². The van der Waals surface area contributed by atoms with Crippen molar-refractivity contribution in [1.29, 1.82) is 0 Å². The Morgan fingerprint density at radius 1 is 1.29 bits per heavy atom. The second-order valence-corrected chi connectivity index (χ2v) is 5.68. The third-order valence-electron chi connectivity index (χ3n) is 3.43. The molecule has 0 bridgehead atoms. The quantitative estimate of drug-likeness (QED) is 0.717. The Morgan fingerprint density at radius 3 is 2.67 bits per heavy atom. The van der Waals surface area contributed by atoms with Crippen molar-refractivity contribution in [1.82, 2.24) is 10.2 Å². The molecule has 0 aliphatic rings. The first-order valence-corrected chi connectivity index (χ1v) is 7.82. The molecule has 0 amide bonds. The largest absolute Gasteiger partial charge is 0.377 e. The van der Waals surface area contributed by atoms with Crippen LogP contribution in [0.25, 0.3) is 0 Å². The molecule has 0 heterocycles. The van der Waals surface area contributed by atoms with Crippen LogP contribution in [0.15, 0.2) is 24.3 Å². The fraction of sp³-hybridized carbons (Fsp3) is 0.647. The molecule has 0 saturated heterocycles. The van der Waals surface area contributed by atoms with Crippen LogP contribution in [0.1, 0.15) is 38.8 Å². The van der Waals surface area contributed by atoms with Crippen LogP contribution >= 0.6 is 0 Å². The maximum atomic E-state index is 13.4. The number of ether oxygens (including phenoxy) is 1. The van der Waals surface area contributed by atoms with Gasteiger partial charge in [-0.05, 0) is 58.1 Å². The fourth-order valence-electron chi connectivity index (χ4n) is 2.26. The molecule has 120 valence electrons. The van der Waals surface area contributed by atoms with E-state index in [0.29, 0.717) is 0 Å². The Balaban J connectivity index is 2.44. The molecule has 3 nitrogen and oxygen atoms in total. The summed E-state index contributed by atoms with van der Waals surface area (Å²) < 4.78 is 18.9. The van der Waals surface area contributed by atoms with E-state index in [1.807, 2.05) is 19.9 Å². The lowest BCUT2D eigenvalue weighted by Gasteiger charge is -2.23. The van der Waals surface area contributed by atoms with Crippen LogP contribution < -0.4 is 5.32 Å². The highest BCUT2D eigenvalue weighted by molar-refractivity contribution is 5.20. The third kappa shape index (κ3) is 7.55. The lowest BCUT2D eigenvalue weighted by Crippen LogP contribution is -2.29. The van der Waals surface area contributed by atoms with Crippen LogP contribution in [-0.2, 0) is 4.74 Å². The molecule has 21 heavy (non-hydrogen) atoms. The molecule has 0 aliphatic carbocycles. The van der Waals surface area contributed by atoms with Crippen molar-refractivity contribution in [2.24, 2.45) is 0 Å². The number of hydrogen-bond acceptors (Lipinski definition) is 3. The molecule has 0 fully saturated rings. The predicted molar refractivity (Wildman–Crippen MR) is 86.0 cm³/mol. The number of hydrogen-bond donors (Lipinski definition) is 1. The first kappa shape index (κ1) is 18.1. The summed E-state index contributed by atoms with van der Waals surface area (Å²) in [6.45, 7) is 9.67. The molecule has 1 unspecified atom stereocenters. The maximum absolute atomic E-state index is 13.4. The molecule has 0 saturated carbocycles. The topological polar surface area (TPSA) is 24.5 Å². The number of benzene rings is 1. The van der Waals surface area contributed by atoms with Crippen LogP contribution in [0, 0.1) is 5.82 Å². The normalized spacial score (nSPS) is 13.1. The van der Waals surface area contributed by atoms with Gasteiger partial charge in [-0.1, -0.05) is 19.1 Å². The summed E-state index contributed by atoms with van der Waals surface area (Å²) in [6, 6.07) is 7.06. The Morgan fingerprint density at radius 2 is 2.05 bits per heavy atom. The van der Waals surface area contributed by atoms with Crippen molar-refractivity contribution in [2.75, 3.05) is 33.3 Å². The minimum atomic E-state index is -0.172. The summed E-state index contributed by atoms with van der Waals surface area (Å²) in [7, 11) is 2.10. The summed E-state index contributed by atoms with van der Waals surface area (Å²) >= 11 is 0. The van der Waals surface area contributed by atoms with Gasteiger partial charge in [0.25, 0.3) is 0 Å². The zero-order valence-corrected chi connectivity index (χ0v) is 13.7. The molecule has 1 rings (SSSR count). The summed E-state index contributed by atoms with van der Waals surface area (Å²) in [4.78, 5) is 2.26. The van der Waals surface area contributed by atoms with E-state index >= 15 is 0 Å². The third-order valence-corrected chi connectivity index (χ3v) is 3.43. The first-order valence-electron chi connectivity index (χ1n) is 7.82. The zero-order chi connectivity index (χ0) is 15.7.